The third-order valence-corrected chi connectivity index (χ3v) is 5.62. The Hall–Kier alpha value is -3.12. The smallest absolute Gasteiger partial charge is 0.00262 e. The lowest BCUT2D eigenvalue weighted by atomic mass is 9.89. The van der Waals surface area contributed by atoms with Crippen LogP contribution in [0.3, 0.4) is 0 Å². The Morgan fingerprint density at radius 2 is 1.48 bits per heavy atom. The number of benzene rings is 5. The molecule has 0 radical (unpaired) electrons. The minimum Gasteiger partial charge on any atom is -0.0801 e. The van der Waals surface area contributed by atoms with Gasteiger partial charge in [-0.2, -0.15) is 0 Å². The third kappa shape index (κ3) is 1.71. The van der Waals surface area contributed by atoms with Gasteiger partial charge in [0.05, 0.1) is 0 Å². The number of rotatable bonds is 0. The number of hydrogen-bond acceptors (Lipinski definition) is 0. The predicted octanol–water partition coefficient (Wildman–Crippen LogP) is 5.91. The summed E-state index contributed by atoms with van der Waals surface area (Å²) in [6.07, 6.45) is 7.72. The zero-order valence-electron chi connectivity index (χ0n) is 13.8. The van der Waals surface area contributed by atoms with Crippen molar-refractivity contribution in [3.8, 4) is 0 Å². The van der Waals surface area contributed by atoms with Crippen LogP contribution in [0.5, 0.6) is 0 Å². The van der Waals surface area contributed by atoms with Gasteiger partial charge >= 0.3 is 0 Å². The summed E-state index contributed by atoms with van der Waals surface area (Å²) in [4.78, 5) is 0. The van der Waals surface area contributed by atoms with Gasteiger partial charge < -0.3 is 0 Å². The van der Waals surface area contributed by atoms with E-state index in [-0.39, 0.29) is 0 Å². The monoisotopic (exact) mass is 316 g/mol. The second-order valence-corrected chi connectivity index (χ2v) is 6.96. The second-order valence-electron chi connectivity index (χ2n) is 6.96. The van der Waals surface area contributed by atoms with E-state index >= 15 is 0 Å². The predicted molar refractivity (Wildman–Crippen MR) is 109 cm³/mol. The quantitative estimate of drug-likeness (QED) is 0.246. The molecule has 0 spiro atoms. The number of allylic oxidation sites excluding steroid dienone is 2. The molecule has 0 saturated heterocycles. The summed E-state index contributed by atoms with van der Waals surface area (Å²) in [5.74, 6) is 0. The number of fused-ring (bicyclic) bond motifs is 6. The highest BCUT2D eigenvalue weighted by Gasteiger charge is 2.12. The first kappa shape index (κ1) is 13.2. The van der Waals surface area contributed by atoms with Crippen LogP contribution in [0.2, 0.25) is 0 Å². The Kier molecular flexibility index (Phi) is 2.48. The molecule has 0 saturated carbocycles. The largest absolute Gasteiger partial charge is 0.0801 e. The highest BCUT2D eigenvalue weighted by Crippen LogP contribution is 2.36. The van der Waals surface area contributed by atoms with Crippen molar-refractivity contribution in [1.82, 2.24) is 0 Å². The van der Waals surface area contributed by atoms with E-state index < -0.39 is 0 Å². The molecule has 6 rings (SSSR count). The van der Waals surface area contributed by atoms with Crippen molar-refractivity contribution < 1.29 is 0 Å². The van der Waals surface area contributed by atoms with E-state index in [0.29, 0.717) is 0 Å². The second kappa shape index (κ2) is 4.70. The molecule has 0 fully saturated rings. The first-order chi connectivity index (χ1) is 12.4. The van der Waals surface area contributed by atoms with Crippen LogP contribution >= 0.6 is 0 Å². The minimum absolute atomic E-state index is 1.02. The molecule has 0 heterocycles. The van der Waals surface area contributed by atoms with Crippen molar-refractivity contribution in [2.45, 2.75) is 6.42 Å². The molecule has 0 heteroatoms. The lowest BCUT2D eigenvalue weighted by molar-refractivity contribution is 1.25. The molecule has 1 aliphatic rings. The molecule has 0 nitrogen and oxygen atoms in total. The van der Waals surface area contributed by atoms with Crippen molar-refractivity contribution in [1.29, 1.82) is 0 Å². The van der Waals surface area contributed by atoms with E-state index in [1.54, 1.807) is 0 Å². The van der Waals surface area contributed by atoms with Crippen LogP contribution in [0.1, 0.15) is 5.56 Å². The van der Waals surface area contributed by atoms with Crippen molar-refractivity contribution in [3.05, 3.63) is 89.7 Å². The average Bonchev–Trinajstić information content (AvgIpc) is 2.68. The minimum atomic E-state index is 1.02. The first-order valence-corrected chi connectivity index (χ1v) is 8.85. The fraction of sp³-hybridized carbons (Fsp3) is 0.0400. The standard InChI is InChI=1S/C25H16/c1-3-8-19-16(6-1)12-13-21-23-11-5-10-22-20-9-4-2-7-17(20)14-18(25(22)23)15-24(19)21/h1-6,8-15H,7H2. The van der Waals surface area contributed by atoms with Gasteiger partial charge in [0.25, 0.3) is 0 Å². The van der Waals surface area contributed by atoms with Gasteiger partial charge in [-0.25, -0.2) is 0 Å². The lowest BCUT2D eigenvalue weighted by Gasteiger charge is -2.15. The zero-order chi connectivity index (χ0) is 16.4. The molecule has 0 N–H and O–H groups in total. The molecule has 1 aliphatic carbocycles. The molecule has 0 aliphatic heterocycles. The summed E-state index contributed by atoms with van der Waals surface area (Å²) in [5.41, 5.74) is 1.43. The van der Waals surface area contributed by atoms with Gasteiger partial charge in [-0.15, -0.1) is 0 Å². The fourth-order valence-corrected chi connectivity index (χ4v) is 4.50. The van der Waals surface area contributed by atoms with Crippen LogP contribution in [0.4, 0.5) is 0 Å². The maximum absolute atomic E-state index is 2.39. The van der Waals surface area contributed by atoms with Crippen LogP contribution in [-0.2, 0) is 6.42 Å². The third-order valence-electron chi connectivity index (χ3n) is 5.62. The van der Waals surface area contributed by atoms with E-state index in [1.807, 2.05) is 0 Å². The van der Waals surface area contributed by atoms with Crippen molar-refractivity contribution in [2.75, 3.05) is 0 Å². The van der Waals surface area contributed by atoms with Crippen molar-refractivity contribution >= 4 is 49.2 Å². The number of hydrogen-bond donors (Lipinski definition) is 0. The van der Waals surface area contributed by atoms with Gasteiger partial charge in [-0.1, -0.05) is 78.9 Å². The first-order valence-electron chi connectivity index (χ1n) is 8.85. The van der Waals surface area contributed by atoms with Gasteiger partial charge in [0.2, 0.25) is 0 Å². The molecular formula is C25H16. The molecule has 116 valence electrons. The van der Waals surface area contributed by atoms with E-state index in [9.17, 15) is 0 Å². The summed E-state index contributed by atoms with van der Waals surface area (Å²) in [6, 6.07) is 24.8. The highest BCUT2D eigenvalue weighted by atomic mass is 14.2. The molecule has 0 atom stereocenters. The van der Waals surface area contributed by atoms with Crippen LogP contribution < -0.4 is 5.22 Å². The van der Waals surface area contributed by atoms with Crippen LogP contribution in [0.25, 0.3) is 49.2 Å². The molecule has 5 aromatic rings. The van der Waals surface area contributed by atoms with Crippen LogP contribution in [0.15, 0.2) is 78.9 Å². The molecule has 0 amide bonds. The van der Waals surface area contributed by atoms with E-state index in [2.05, 4.69) is 85.0 Å². The van der Waals surface area contributed by atoms with Crippen LogP contribution in [-0.4, -0.2) is 0 Å². The van der Waals surface area contributed by atoms with Gasteiger partial charge in [0, 0.05) is 0 Å². The van der Waals surface area contributed by atoms with Gasteiger partial charge in [-0.05, 0) is 66.4 Å². The molecule has 0 unspecified atom stereocenters. The van der Waals surface area contributed by atoms with E-state index in [0.717, 1.165) is 6.42 Å². The highest BCUT2D eigenvalue weighted by molar-refractivity contribution is 6.26. The maximum Gasteiger partial charge on any atom is -0.00262 e. The Labute approximate surface area is 145 Å². The van der Waals surface area contributed by atoms with Gasteiger partial charge in [0.1, 0.15) is 0 Å². The Bertz CT molecular complexity index is 1400. The van der Waals surface area contributed by atoms with E-state index in [4.69, 9.17) is 0 Å². The molecule has 25 heavy (non-hydrogen) atoms. The molecule has 5 aromatic carbocycles. The SMILES string of the molecule is C1=CCc2cc3cc4c5ccccc5ccc4c4cccc(c2=C1)c34. The molecular weight excluding hydrogens is 300 g/mol. The molecule has 0 aromatic heterocycles. The Morgan fingerprint density at radius 1 is 0.600 bits per heavy atom. The zero-order valence-corrected chi connectivity index (χ0v) is 13.8. The fourth-order valence-electron chi connectivity index (χ4n) is 4.50. The normalized spacial score (nSPS) is 13.6. The van der Waals surface area contributed by atoms with Crippen molar-refractivity contribution in [2.24, 2.45) is 0 Å². The Balaban J connectivity index is 1.94. The summed E-state index contributed by atoms with van der Waals surface area (Å²) < 4.78 is 0. The van der Waals surface area contributed by atoms with Gasteiger partial charge in [0.15, 0.2) is 0 Å². The van der Waals surface area contributed by atoms with Gasteiger partial charge in [-0.3, -0.25) is 0 Å². The maximum atomic E-state index is 2.39. The topological polar surface area (TPSA) is 0 Å². The summed E-state index contributed by atoms with van der Waals surface area (Å²) >= 11 is 0. The summed E-state index contributed by atoms with van der Waals surface area (Å²) in [5, 5.41) is 12.2. The Morgan fingerprint density at radius 3 is 2.48 bits per heavy atom. The summed E-state index contributed by atoms with van der Waals surface area (Å²) in [6.45, 7) is 0. The van der Waals surface area contributed by atoms with E-state index in [1.165, 1.54) is 53.9 Å². The average molecular weight is 316 g/mol. The molecule has 0 bridgehead atoms. The van der Waals surface area contributed by atoms with Crippen molar-refractivity contribution in [3.63, 3.8) is 0 Å². The summed E-state index contributed by atoms with van der Waals surface area (Å²) in [7, 11) is 0. The van der Waals surface area contributed by atoms with Crippen LogP contribution in [0, 0.1) is 0 Å². The lowest BCUT2D eigenvalue weighted by Crippen LogP contribution is -2.12.